The Morgan fingerprint density at radius 3 is 2.55 bits per heavy atom. The van der Waals surface area contributed by atoms with Crippen LogP contribution in [0.2, 0.25) is 0 Å². The summed E-state index contributed by atoms with van der Waals surface area (Å²) >= 11 is 0. The SMILES string of the molecule is CCC(OC1CCCC1)C(=O)N1CCCC1(C)C(=O)O. The van der Waals surface area contributed by atoms with Crippen LogP contribution in [0.5, 0.6) is 0 Å². The Labute approximate surface area is 120 Å². The molecule has 20 heavy (non-hydrogen) atoms. The average Bonchev–Trinajstić information content (AvgIpc) is 3.05. The molecule has 2 fully saturated rings. The van der Waals surface area contributed by atoms with Gasteiger partial charge < -0.3 is 14.7 Å². The van der Waals surface area contributed by atoms with E-state index in [1.54, 1.807) is 6.92 Å². The van der Waals surface area contributed by atoms with Gasteiger partial charge in [0.15, 0.2) is 0 Å². The van der Waals surface area contributed by atoms with Crippen LogP contribution in [0.25, 0.3) is 0 Å². The highest BCUT2D eigenvalue weighted by Gasteiger charge is 2.47. The molecule has 1 saturated carbocycles. The summed E-state index contributed by atoms with van der Waals surface area (Å²) in [7, 11) is 0. The zero-order valence-corrected chi connectivity index (χ0v) is 12.4. The fourth-order valence-corrected chi connectivity index (χ4v) is 3.30. The monoisotopic (exact) mass is 283 g/mol. The molecule has 0 aromatic carbocycles. The first-order valence-electron chi connectivity index (χ1n) is 7.69. The lowest BCUT2D eigenvalue weighted by Crippen LogP contribution is -2.54. The maximum Gasteiger partial charge on any atom is 0.329 e. The van der Waals surface area contributed by atoms with E-state index >= 15 is 0 Å². The summed E-state index contributed by atoms with van der Waals surface area (Å²) in [6.07, 6.45) is 5.89. The number of hydrogen-bond donors (Lipinski definition) is 1. The third-order valence-corrected chi connectivity index (χ3v) is 4.67. The maximum atomic E-state index is 12.6. The fraction of sp³-hybridized carbons (Fsp3) is 0.867. The molecule has 0 bridgehead atoms. The molecule has 1 aliphatic carbocycles. The molecule has 114 valence electrons. The van der Waals surface area contributed by atoms with Crippen molar-refractivity contribution in [3.8, 4) is 0 Å². The van der Waals surface area contributed by atoms with Crippen molar-refractivity contribution in [2.24, 2.45) is 0 Å². The molecule has 2 rings (SSSR count). The van der Waals surface area contributed by atoms with Crippen molar-refractivity contribution in [3.05, 3.63) is 0 Å². The second-order valence-corrected chi connectivity index (χ2v) is 6.11. The van der Waals surface area contributed by atoms with Crippen molar-refractivity contribution in [1.82, 2.24) is 4.90 Å². The summed E-state index contributed by atoms with van der Waals surface area (Å²) in [6, 6.07) is 0. The number of rotatable bonds is 5. The molecule has 1 amide bonds. The lowest BCUT2D eigenvalue weighted by molar-refractivity contribution is -0.162. The minimum Gasteiger partial charge on any atom is -0.480 e. The van der Waals surface area contributed by atoms with E-state index in [4.69, 9.17) is 4.74 Å². The Bertz CT molecular complexity index is 378. The fourth-order valence-electron chi connectivity index (χ4n) is 3.30. The molecule has 0 aromatic rings. The van der Waals surface area contributed by atoms with Crippen LogP contribution in [0.4, 0.5) is 0 Å². The van der Waals surface area contributed by atoms with Crippen LogP contribution < -0.4 is 0 Å². The highest BCUT2D eigenvalue weighted by molar-refractivity contribution is 5.89. The van der Waals surface area contributed by atoms with Crippen molar-refractivity contribution in [2.45, 2.75) is 76.5 Å². The molecule has 5 heteroatoms. The highest BCUT2D eigenvalue weighted by atomic mass is 16.5. The molecule has 1 aliphatic heterocycles. The van der Waals surface area contributed by atoms with Gasteiger partial charge in [0, 0.05) is 6.54 Å². The van der Waals surface area contributed by atoms with Gasteiger partial charge in [0.1, 0.15) is 11.6 Å². The summed E-state index contributed by atoms with van der Waals surface area (Å²) in [5, 5.41) is 9.40. The van der Waals surface area contributed by atoms with Gasteiger partial charge in [-0.15, -0.1) is 0 Å². The Kier molecular flexibility index (Phi) is 4.68. The number of ether oxygens (including phenoxy) is 1. The minimum atomic E-state index is -1.07. The molecular weight excluding hydrogens is 258 g/mol. The lowest BCUT2D eigenvalue weighted by atomic mass is 9.98. The second kappa shape index (κ2) is 6.12. The van der Waals surface area contributed by atoms with Gasteiger partial charge in [-0.3, -0.25) is 4.79 Å². The van der Waals surface area contributed by atoms with E-state index in [-0.39, 0.29) is 12.0 Å². The van der Waals surface area contributed by atoms with Gasteiger partial charge in [-0.05, 0) is 39.0 Å². The first kappa shape index (κ1) is 15.3. The number of likely N-dealkylation sites (tertiary alicyclic amines) is 1. The van der Waals surface area contributed by atoms with Crippen LogP contribution in [0.15, 0.2) is 0 Å². The minimum absolute atomic E-state index is 0.151. The van der Waals surface area contributed by atoms with E-state index < -0.39 is 17.6 Å². The quantitative estimate of drug-likeness (QED) is 0.840. The predicted octanol–water partition coefficient (Wildman–Crippen LogP) is 2.19. The number of carboxylic acid groups (broad SMARTS) is 1. The summed E-state index contributed by atoms with van der Waals surface area (Å²) < 4.78 is 5.92. The van der Waals surface area contributed by atoms with Crippen molar-refractivity contribution < 1.29 is 19.4 Å². The van der Waals surface area contributed by atoms with E-state index in [1.807, 2.05) is 6.92 Å². The van der Waals surface area contributed by atoms with Gasteiger partial charge in [-0.2, -0.15) is 0 Å². The van der Waals surface area contributed by atoms with E-state index in [9.17, 15) is 14.7 Å². The molecule has 1 N–H and O–H groups in total. The Morgan fingerprint density at radius 2 is 2.00 bits per heavy atom. The predicted molar refractivity (Wildman–Crippen MR) is 74.4 cm³/mol. The zero-order valence-electron chi connectivity index (χ0n) is 12.4. The van der Waals surface area contributed by atoms with Crippen LogP contribution in [0.3, 0.4) is 0 Å². The third kappa shape index (κ3) is 2.82. The molecule has 5 nitrogen and oxygen atoms in total. The Hall–Kier alpha value is -1.10. The van der Waals surface area contributed by atoms with Gasteiger partial charge >= 0.3 is 5.97 Å². The largest absolute Gasteiger partial charge is 0.480 e. The standard InChI is InChI=1S/C15H25NO4/c1-3-12(20-11-7-4-5-8-11)13(17)16-10-6-9-15(16,2)14(18)19/h11-12H,3-10H2,1-2H3,(H,18,19). The molecule has 1 saturated heterocycles. The molecule has 0 spiro atoms. The van der Waals surface area contributed by atoms with Gasteiger partial charge in [-0.25, -0.2) is 4.79 Å². The van der Waals surface area contributed by atoms with E-state index in [0.29, 0.717) is 19.4 Å². The molecular formula is C15H25NO4. The summed E-state index contributed by atoms with van der Waals surface area (Å²) in [5.41, 5.74) is -1.07. The van der Waals surface area contributed by atoms with E-state index in [2.05, 4.69) is 0 Å². The van der Waals surface area contributed by atoms with Crippen molar-refractivity contribution in [1.29, 1.82) is 0 Å². The Morgan fingerprint density at radius 1 is 1.35 bits per heavy atom. The van der Waals surface area contributed by atoms with Crippen molar-refractivity contribution in [3.63, 3.8) is 0 Å². The van der Waals surface area contributed by atoms with Crippen molar-refractivity contribution >= 4 is 11.9 Å². The summed E-state index contributed by atoms with van der Waals surface area (Å²) in [4.78, 5) is 25.6. The second-order valence-electron chi connectivity index (χ2n) is 6.11. The van der Waals surface area contributed by atoms with Crippen LogP contribution >= 0.6 is 0 Å². The summed E-state index contributed by atoms with van der Waals surface area (Å²) in [5.74, 6) is -1.07. The molecule has 2 unspecified atom stereocenters. The van der Waals surface area contributed by atoms with Crippen molar-refractivity contribution in [2.75, 3.05) is 6.54 Å². The number of carboxylic acids is 1. The smallest absolute Gasteiger partial charge is 0.329 e. The first-order chi connectivity index (χ1) is 9.49. The zero-order chi connectivity index (χ0) is 14.8. The van der Waals surface area contributed by atoms with Gasteiger partial charge in [0.25, 0.3) is 5.91 Å². The topological polar surface area (TPSA) is 66.8 Å². The molecule has 2 atom stereocenters. The maximum absolute atomic E-state index is 12.6. The molecule has 0 aromatic heterocycles. The average molecular weight is 283 g/mol. The van der Waals surface area contributed by atoms with Crippen LogP contribution in [0.1, 0.15) is 58.8 Å². The molecule has 0 radical (unpaired) electrons. The highest BCUT2D eigenvalue weighted by Crippen LogP contribution is 2.31. The van der Waals surface area contributed by atoms with Gasteiger partial charge in [0.2, 0.25) is 0 Å². The van der Waals surface area contributed by atoms with Gasteiger partial charge in [-0.1, -0.05) is 19.8 Å². The number of hydrogen-bond acceptors (Lipinski definition) is 3. The van der Waals surface area contributed by atoms with Crippen LogP contribution in [-0.4, -0.2) is 46.2 Å². The number of amides is 1. The number of nitrogens with zero attached hydrogens (tertiary/aromatic N) is 1. The number of carbonyl (C=O) groups is 2. The first-order valence-corrected chi connectivity index (χ1v) is 7.69. The summed E-state index contributed by atoms with van der Waals surface area (Å²) in [6.45, 7) is 4.08. The lowest BCUT2D eigenvalue weighted by Gasteiger charge is -2.34. The van der Waals surface area contributed by atoms with Crippen LogP contribution in [-0.2, 0) is 14.3 Å². The van der Waals surface area contributed by atoms with Gasteiger partial charge in [0.05, 0.1) is 6.10 Å². The Balaban J connectivity index is 2.05. The normalized spacial score (nSPS) is 28.8. The molecule has 2 aliphatic rings. The van der Waals surface area contributed by atoms with E-state index in [1.165, 1.54) is 4.90 Å². The molecule has 1 heterocycles. The third-order valence-electron chi connectivity index (χ3n) is 4.67. The number of aliphatic carboxylic acids is 1. The number of carbonyl (C=O) groups excluding carboxylic acids is 1. The van der Waals surface area contributed by atoms with E-state index in [0.717, 1.165) is 32.1 Å². The van der Waals surface area contributed by atoms with Crippen LogP contribution in [0, 0.1) is 0 Å².